The van der Waals surface area contributed by atoms with Gasteiger partial charge in [0.2, 0.25) is 0 Å². The zero-order valence-corrected chi connectivity index (χ0v) is 28.7. The molecular formula is C40H59NO5. The minimum absolute atomic E-state index is 0.000114. The quantitative estimate of drug-likeness (QED) is 0.0575. The first-order valence-corrected chi connectivity index (χ1v) is 17.3. The third-order valence-electron chi connectivity index (χ3n) is 10.6. The van der Waals surface area contributed by atoms with Crippen LogP contribution in [0.3, 0.4) is 0 Å². The molecule has 2 saturated carbocycles. The van der Waals surface area contributed by atoms with E-state index in [4.69, 9.17) is 0 Å². The summed E-state index contributed by atoms with van der Waals surface area (Å²) >= 11 is 0. The Balaban J connectivity index is 2.05. The van der Waals surface area contributed by atoms with Crippen molar-refractivity contribution >= 4 is 6.29 Å². The van der Waals surface area contributed by atoms with Gasteiger partial charge in [0, 0.05) is 17.9 Å². The van der Waals surface area contributed by atoms with E-state index in [0.29, 0.717) is 69.9 Å². The molecule has 0 radical (unpaired) electrons. The van der Waals surface area contributed by atoms with Crippen LogP contribution in [0.15, 0.2) is 89.1 Å². The number of allylic oxidation sites excluding steroid dienone is 8. The van der Waals surface area contributed by atoms with E-state index < -0.39 is 23.2 Å². The van der Waals surface area contributed by atoms with E-state index in [1.807, 2.05) is 50.4 Å². The largest absolute Gasteiger partial charge is 0.396 e. The van der Waals surface area contributed by atoms with Gasteiger partial charge < -0.3 is 25.7 Å². The molecule has 6 heteroatoms. The molecule has 2 fully saturated rings. The second-order valence-electron chi connectivity index (χ2n) is 13.8. The van der Waals surface area contributed by atoms with Crippen LogP contribution in [0.5, 0.6) is 0 Å². The summed E-state index contributed by atoms with van der Waals surface area (Å²) in [6.45, 7) is 10.8. The monoisotopic (exact) mass is 633 g/mol. The Morgan fingerprint density at radius 3 is 2.57 bits per heavy atom. The SMILES string of the molecule is C=C(C=CC=C([C@H](O)CCc1ccccc1)[C@H]1CC[C@]2([C@@H]1O)[C@@H](CCCO)C(=C(C)C=O)CC[C@]2(O)CCNC)CCC=C(C)C. The minimum Gasteiger partial charge on any atom is -0.396 e. The lowest BCUT2D eigenvalue weighted by Crippen LogP contribution is -2.61. The molecule has 6 atom stereocenters. The zero-order valence-electron chi connectivity index (χ0n) is 28.7. The third kappa shape index (κ3) is 9.05. The van der Waals surface area contributed by atoms with Crippen LogP contribution in [0.25, 0.3) is 0 Å². The molecule has 2 aliphatic carbocycles. The standard InChI is InChI=1S/C40H59NO5/c1-29(2)12-9-13-30(3)14-10-17-34(37(44)20-19-32-15-7-6-8-16-32)35-22-24-40(38(35)45)36(18-11-27-42)33(31(4)28-43)21-23-39(40,46)25-26-41-5/h6-8,10,12,14-17,28,35-38,41-42,44-46H,3,9,11,13,18-27H2,1-2,4-5H3/t35-,36+,37-,38-,39+,40-/m1/s1. The smallest absolute Gasteiger partial charge is 0.145 e. The molecule has 254 valence electrons. The Labute approximate surface area is 277 Å². The van der Waals surface area contributed by atoms with Crippen LogP contribution in [0.1, 0.15) is 90.5 Å². The highest BCUT2D eigenvalue weighted by molar-refractivity contribution is 5.74. The van der Waals surface area contributed by atoms with Crippen molar-refractivity contribution in [3.8, 4) is 0 Å². The predicted octanol–water partition coefficient (Wildman–Crippen LogP) is 6.56. The van der Waals surface area contributed by atoms with E-state index in [-0.39, 0.29) is 18.4 Å². The van der Waals surface area contributed by atoms with E-state index in [9.17, 15) is 25.2 Å². The molecule has 0 aliphatic heterocycles. The van der Waals surface area contributed by atoms with Gasteiger partial charge in [-0.2, -0.15) is 0 Å². The van der Waals surface area contributed by atoms with Crippen molar-refractivity contribution in [1.82, 2.24) is 5.32 Å². The maximum absolute atomic E-state index is 12.6. The molecule has 46 heavy (non-hydrogen) atoms. The van der Waals surface area contributed by atoms with Crippen molar-refractivity contribution in [2.45, 2.75) is 109 Å². The first-order chi connectivity index (χ1) is 22.0. The molecule has 0 unspecified atom stereocenters. The van der Waals surface area contributed by atoms with Gasteiger partial charge in [-0.3, -0.25) is 4.79 Å². The number of benzene rings is 1. The van der Waals surface area contributed by atoms with Gasteiger partial charge >= 0.3 is 0 Å². The molecule has 0 amide bonds. The fourth-order valence-electron chi connectivity index (χ4n) is 8.17. The number of aliphatic hydroxyl groups is 4. The molecule has 2 aliphatic rings. The topological polar surface area (TPSA) is 110 Å². The summed E-state index contributed by atoms with van der Waals surface area (Å²) in [5.74, 6) is -0.628. The average molecular weight is 634 g/mol. The molecule has 1 spiro atoms. The number of aldehydes is 1. The Kier molecular flexibility index (Phi) is 14.9. The second kappa shape index (κ2) is 18.1. The van der Waals surface area contributed by atoms with Crippen LogP contribution in [0.2, 0.25) is 0 Å². The van der Waals surface area contributed by atoms with Crippen LogP contribution < -0.4 is 5.32 Å². The minimum atomic E-state index is -1.17. The summed E-state index contributed by atoms with van der Waals surface area (Å²) < 4.78 is 0. The zero-order chi connectivity index (χ0) is 33.7. The van der Waals surface area contributed by atoms with E-state index in [2.05, 4.69) is 44.0 Å². The van der Waals surface area contributed by atoms with Crippen LogP contribution in [-0.4, -0.2) is 64.7 Å². The van der Waals surface area contributed by atoms with Crippen LogP contribution in [-0.2, 0) is 11.2 Å². The Bertz CT molecular complexity index is 1260. The van der Waals surface area contributed by atoms with Gasteiger partial charge in [0.1, 0.15) is 6.29 Å². The van der Waals surface area contributed by atoms with E-state index >= 15 is 0 Å². The van der Waals surface area contributed by atoms with Crippen molar-refractivity contribution in [1.29, 1.82) is 0 Å². The lowest BCUT2D eigenvalue weighted by atomic mass is 9.51. The van der Waals surface area contributed by atoms with Gasteiger partial charge in [0.15, 0.2) is 0 Å². The fourth-order valence-corrected chi connectivity index (χ4v) is 8.17. The molecule has 0 saturated heterocycles. The summed E-state index contributed by atoms with van der Waals surface area (Å²) in [7, 11) is 1.86. The van der Waals surface area contributed by atoms with Crippen molar-refractivity contribution in [3.05, 3.63) is 94.6 Å². The first-order valence-electron chi connectivity index (χ1n) is 17.3. The molecule has 1 aromatic rings. The highest BCUT2D eigenvalue weighted by Gasteiger charge is 2.65. The normalized spacial score (nSPS) is 28.4. The number of carbonyl (C=O) groups excluding carboxylic acids is 1. The molecule has 0 aromatic heterocycles. The molecule has 3 rings (SSSR count). The van der Waals surface area contributed by atoms with Crippen molar-refractivity contribution in [2.75, 3.05) is 20.2 Å². The Morgan fingerprint density at radius 2 is 1.91 bits per heavy atom. The third-order valence-corrected chi connectivity index (χ3v) is 10.6. The van der Waals surface area contributed by atoms with Gasteiger partial charge in [-0.05, 0) is 128 Å². The maximum Gasteiger partial charge on any atom is 0.145 e. The van der Waals surface area contributed by atoms with Gasteiger partial charge in [-0.25, -0.2) is 0 Å². The summed E-state index contributed by atoms with van der Waals surface area (Å²) in [6, 6.07) is 10.1. The maximum atomic E-state index is 12.6. The van der Waals surface area contributed by atoms with Gasteiger partial charge in [0.25, 0.3) is 0 Å². The van der Waals surface area contributed by atoms with Gasteiger partial charge in [-0.1, -0.05) is 77.9 Å². The van der Waals surface area contributed by atoms with Crippen molar-refractivity contribution in [3.63, 3.8) is 0 Å². The van der Waals surface area contributed by atoms with Gasteiger partial charge in [-0.15, -0.1) is 0 Å². The van der Waals surface area contributed by atoms with Crippen LogP contribution >= 0.6 is 0 Å². The molecule has 0 heterocycles. The van der Waals surface area contributed by atoms with Gasteiger partial charge in [0.05, 0.1) is 17.8 Å². The molecule has 5 N–H and O–H groups in total. The summed E-state index contributed by atoms with van der Waals surface area (Å²) in [6.07, 6.45) is 14.0. The van der Waals surface area contributed by atoms with Crippen LogP contribution in [0, 0.1) is 17.3 Å². The fraction of sp³-hybridized carbons (Fsp3) is 0.575. The lowest BCUT2D eigenvalue weighted by molar-refractivity contribution is -0.181. The number of hydrogen-bond donors (Lipinski definition) is 5. The second-order valence-corrected chi connectivity index (χ2v) is 13.8. The summed E-state index contributed by atoms with van der Waals surface area (Å²) in [4.78, 5) is 12.1. The highest BCUT2D eigenvalue weighted by Crippen LogP contribution is 2.64. The number of rotatable bonds is 17. The highest BCUT2D eigenvalue weighted by atomic mass is 16.3. The summed E-state index contributed by atoms with van der Waals surface area (Å²) in [5.41, 5.74) is 3.73. The van der Waals surface area contributed by atoms with E-state index in [1.54, 1.807) is 0 Å². The Hall–Kier alpha value is -2.61. The number of carbonyl (C=O) groups is 1. The molecule has 1 aromatic carbocycles. The van der Waals surface area contributed by atoms with E-state index in [0.717, 1.165) is 41.4 Å². The summed E-state index contributed by atoms with van der Waals surface area (Å²) in [5, 5.41) is 49.9. The van der Waals surface area contributed by atoms with E-state index in [1.165, 1.54) is 5.57 Å². The lowest BCUT2D eigenvalue weighted by Gasteiger charge is -2.57. The molecular weight excluding hydrogens is 574 g/mol. The van der Waals surface area contributed by atoms with Crippen molar-refractivity contribution in [2.24, 2.45) is 17.3 Å². The predicted molar refractivity (Wildman–Crippen MR) is 188 cm³/mol. The Morgan fingerprint density at radius 1 is 1.17 bits per heavy atom. The number of nitrogens with one attached hydrogen (secondary N) is 1. The molecule has 0 bridgehead atoms. The molecule has 6 nitrogen and oxygen atoms in total. The van der Waals surface area contributed by atoms with Crippen LogP contribution in [0.4, 0.5) is 0 Å². The van der Waals surface area contributed by atoms with Crippen molar-refractivity contribution < 1.29 is 25.2 Å². The average Bonchev–Trinajstić information content (AvgIpc) is 3.38. The first kappa shape index (κ1) is 37.8. The number of aliphatic hydroxyl groups excluding tert-OH is 3. The number of aryl methyl sites for hydroxylation is 1. The number of hydrogen-bond acceptors (Lipinski definition) is 6.